The second-order valence-corrected chi connectivity index (χ2v) is 12.5. The highest BCUT2D eigenvalue weighted by Crippen LogP contribution is 2.45. The molecule has 1 unspecified atom stereocenters. The Morgan fingerprint density at radius 1 is 1.18 bits per heavy atom. The molecule has 10 nitrogen and oxygen atoms in total. The molecule has 5 aromatic rings. The van der Waals surface area contributed by atoms with Gasteiger partial charge in [-0.05, 0) is 50.5 Å². The summed E-state index contributed by atoms with van der Waals surface area (Å²) in [5.74, 6) is -2.01. The Morgan fingerprint density at radius 2 is 1.98 bits per heavy atom. The van der Waals surface area contributed by atoms with Gasteiger partial charge in [-0.1, -0.05) is 18.1 Å². The normalized spacial score (nSPS) is 19.4. The SMILES string of the molecule is C#Cc1c(F)ccc2cc(O)cc(-c3nc4c5c(nc(OC[C@@H]6CC(F)(F)CN6C)nc5c3F)N(C(C)c3cccnc3N)C[C@H](C)O4)c12. The molecular formula is C35H31F4N7O3. The van der Waals surface area contributed by atoms with E-state index >= 15 is 4.39 Å². The number of phenols is 1. The maximum atomic E-state index is 17.1. The number of phenolic OH excluding ortho intramolecular Hbond substituents is 1. The van der Waals surface area contributed by atoms with Crippen molar-refractivity contribution in [3.8, 4) is 41.2 Å². The average Bonchev–Trinajstić information content (AvgIpc) is 3.24. The van der Waals surface area contributed by atoms with Crippen LogP contribution in [0, 0.1) is 24.0 Å². The van der Waals surface area contributed by atoms with Crippen LogP contribution in [0.1, 0.15) is 37.4 Å². The van der Waals surface area contributed by atoms with E-state index in [-0.39, 0.29) is 75.5 Å². The molecule has 0 spiro atoms. The number of hydrogen-bond acceptors (Lipinski definition) is 10. The zero-order valence-corrected chi connectivity index (χ0v) is 26.7. The van der Waals surface area contributed by atoms with Gasteiger partial charge in [0.15, 0.2) is 5.82 Å². The Hall–Kier alpha value is -5.42. The molecule has 3 N–H and O–H groups in total. The van der Waals surface area contributed by atoms with Gasteiger partial charge in [-0.3, -0.25) is 4.90 Å². The fourth-order valence-electron chi connectivity index (χ4n) is 6.69. The van der Waals surface area contributed by atoms with Crippen LogP contribution in [0.25, 0.3) is 32.9 Å². The second-order valence-electron chi connectivity index (χ2n) is 12.5. The molecule has 0 radical (unpaired) electrons. The molecular weight excluding hydrogens is 642 g/mol. The number of terminal acetylenes is 1. The number of aromatic nitrogens is 4. The van der Waals surface area contributed by atoms with Gasteiger partial charge < -0.3 is 25.2 Å². The molecule has 5 heterocycles. The van der Waals surface area contributed by atoms with Crippen LogP contribution in [-0.4, -0.2) is 74.8 Å². The lowest BCUT2D eigenvalue weighted by molar-refractivity contribution is 0.0136. The number of nitrogens with zero attached hydrogens (tertiary/aromatic N) is 6. The number of pyridine rings is 2. The molecule has 14 heteroatoms. The first kappa shape index (κ1) is 32.1. The first-order valence-corrected chi connectivity index (χ1v) is 15.5. The summed E-state index contributed by atoms with van der Waals surface area (Å²) in [6.07, 6.45) is 6.29. The molecule has 1 saturated heterocycles. The van der Waals surface area contributed by atoms with E-state index in [0.717, 1.165) is 6.07 Å². The van der Waals surface area contributed by atoms with Gasteiger partial charge in [-0.15, -0.1) is 6.42 Å². The molecule has 0 amide bonds. The molecule has 0 bridgehead atoms. The molecule has 49 heavy (non-hydrogen) atoms. The Kier molecular flexibility index (Phi) is 7.82. The molecule has 1 fully saturated rings. The Bertz CT molecular complexity index is 2180. The number of ether oxygens (including phenoxy) is 2. The van der Waals surface area contributed by atoms with E-state index in [9.17, 15) is 18.3 Å². The molecule has 0 aliphatic carbocycles. The predicted molar refractivity (Wildman–Crippen MR) is 176 cm³/mol. The fourth-order valence-corrected chi connectivity index (χ4v) is 6.69. The van der Waals surface area contributed by atoms with Crippen molar-refractivity contribution in [1.29, 1.82) is 0 Å². The third-order valence-electron chi connectivity index (χ3n) is 9.03. The number of nitrogen functional groups attached to an aromatic ring is 1. The number of halogens is 4. The van der Waals surface area contributed by atoms with Crippen molar-refractivity contribution < 1.29 is 32.1 Å². The Labute approximate surface area is 278 Å². The van der Waals surface area contributed by atoms with Crippen LogP contribution >= 0.6 is 0 Å². The van der Waals surface area contributed by atoms with Crippen molar-refractivity contribution >= 4 is 33.3 Å². The van der Waals surface area contributed by atoms with Crippen molar-refractivity contribution in [2.45, 2.75) is 44.4 Å². The van der Waals surface area contributed by atoms with Crippen molar-refractivity contribution in [3.63, 3.8) is 0 Å². The number of alkyl halides is 2. The summed E-state index contributed by atoms with van der Waals surface area (Å²) in [7, 11) is 1.57. The monoisotopic (exact) mass is 673 g/mol. The summed E-state index contributed by atoms with van der Waals surface area (Å²) in [5.41, 5.74) is 6.20. The molecule has 3 atom stereocenters. The topological polar surface area (TPSA) is 123 Å². The minimum atomic E-state index is -2.89. The summed E-state index contributed by atoms with van der Waals surface area (Å²) in [5, 5.41) is 11.2. The van der Waals surface area contributed by atoms with Gasteiger partial charge >= 0.3 is 6.01 Å². The highest BCUT2D eigenvalue weighted by atomic mass is 19.3. The molecule has 3 aromatic heterocycles. The largest absolute Gasteiger partial charge is 0.508 e. The fraction of sp³-hybridized carbons (Fsp3) is 0.314. The predicted octanol–water partition coefficient (Wildman–Crippen LogP) is 5.85. The lowest BCUT2D eigenvalue weighted by atomic mass is 9.95. The van der Waals surface area contributed by atoms with Crippen molar-refractivity contribution in [1.82, 2.24) is 24.8 Å². The van der Waals surface area contributed by atoms with E-state index in [2.05, 4.69) is 25.9 Å². The van der Waals surface area contributed by atoms with Gasteiger partial charge in [-0.2, -0.15) is 9.97 Å². The molecule has 7 rings (SSSR count). The van der Waals surface area contributed by atoms with E-state index in [4.69, 9.17) is 21.6 Å². The van der Waals surface area contributed by atoms with Crippen molar-refractivity contribution in [2.24, 2.45) is 0 Å². The summed E-state index contributed by atoms with van der Waals surface area (Å²) in [6, 6.07) is 7.37. The second kappa shape index (κ2) is 11.9. The van der Waals surface area contributed by atoms with Crippen LogP contribution in [0.3, 0.4) is 0 Å². The van der Waals surface area contributed by atoms with Crippen LogP contribution in [0.4, 0.5) is 29.2 Å². The van der Waals surface area contributed by atoms with E-state index in [1.54, 1.807) is 26.2 Å². The number of nitrogens with two attached hydrogens (primary N) is 1. The Morgan fingerprint density at radius 3 is 2.69 bits per heavy atom. The number of fused-ring (bicyclic) bond motifs is 1. The molecule has 0 saturated carbocycles. The highest BCUT2D eigenvalue weighted by Gasteiger charge is 2.43. The number of likely N-dealkylation sites (tertiary alicyclic amines) is 1. The quantitative estimate of drug-likeness (QED) is 0.168. The van der Waals surface area contributed by atoms with Gasteiger partial charge in [0.25, 0.3) is 5.92 Å². The maximum absolute atomic E-state index is 17.1. The van der Waals surface area contributed by atoms with Crippen LogP contribution in [0.5, 0.6) is 17.6 Å². The minimum absolute atomic E-state index is 0.00407. The number of likely N-dealkylation sites (N-methyl/N-ethyl adjacent to an activating group) is 1. The van der Waals surface area contributed by atoms with Crippen LogP contribution in [-0.2, 0) is 0 Å². The van der Waals surface area contributed by atoms with E-state index < -0.39 is 48.7 Å². The number of aromatic hydroxyl groups is 1. The highest BCUT2D eigenvalue weighted by molar-refractivity contribution is 6.04. The van der Waals surface area contributed by atoms with Crippen LogP contribution in [0.2, 0.25) is 0 Å². The van der Waals surface area contributed by atoms with Gasteiger partial charge in [0.1, 0.15) is 52.5 Å². The van der Waals surface area contributed by atoms with E-state index in [1.165, 1.54) is 23.1 Å². The first-order chi connectivity index (χ1) is 23.3. The van der Waals surface area contributed by atoms with Gasteiger partial charge in [-0.25, -0.2) is 27.5 Å². The van der Waals surface area contributed by atoms with Gasteiger partial charge in [0.2, 0.25) is 5.88 Å². The summed E-state index contributed by atoms with van der Waals surface area (Å²) < 4.78 is 72.6. The molecule has 252 valence electrons. The van der Waals surface area contributed by atoms with Gasteiger partial charge in [0, 0.05) is 35.2 Å². The number of anilines is 2. The average molecular weight is 674 g/mol. The minimum Gasteiger partial charge on any atom is -0.508 e. The third-order valence-corrected chi connectivity index (χ3v) is 9.03. The van der Waals surface area contributed by atoms with Gasteiger partial charge in [0.05, 0.1) is 24.7 Å². The van der Waals surface area contributed by atoms with E-state index in [1.807, 2.05) is 17.9 Å². The lowest BCUT2D eigenvalue weighted by Gasteiger charge is -2.31. The van der Waals surface area contributed by atoms with E-state index in [0.29, 0.717) is 10.9 Å². The third kappa shape index (κ3) is 5.63. The zero-order valence-electron chi connectivity index (χ0n) is 26.7. The Balaban J connectivity index is 1.47. The molecule has 2 aromatic carbocycles. The molecule has 2 aliphatic heterocycles. The zero-order chi connectivity index (χ0) is 34.8. The standard InChI is InChI=1S/C35H31F4N7O3/c1-5-22-25(36)9-8-19-11-21(47)12-24(26(19)22)29-28(37)30-27-32(44-34(43-30)48-15-20-13-35(38,39)16-45(20)4)46(14-17(2)49-33(27)42-29)18(3)23-7-6-10-41-31(23)40/h1,6-12,17-18,20,47H,13-16H2,2-4H3,(H2,40,41)/t17-,18?,20-/m0/s1. The number of hydrogen-bond donors (Lipinski definition) is 2. The van der Waals surface area contributed by atoms with Crippen molar-refractivity contribution in [2.75, 3.05) is 37.4 Å². The molecule has 2 aliphatic rings. The first-order valence-electron chi connectivity index (χ1n) is 15.5. The maximum Gasteiger partial charge on any atom is 0.319 e. The van der Waals surface area contributed by atoms with Crippen LogP contribution < -0.4 is 20.1 Å². The number of benzene rings is 2. The lowest BCUT2D eigenvalue weighted by Crippen LogP contribution is -2.35. The smallest absolute Gasteiger partial charge is 0.319 e. The summed E-state index contributed by atoms with van der Waals surface area (Å²) >= 11 is 0. The number of rotatable bonds is 6. The van der Waals surface area contributed by atoms with Crippen LogP contribution in [0.15, 0.2) is 42.6 Å². The summed E-state index contributed by atoms with van der Waals surface area (Å²) in [4.78, 5) is 21.2. The summed E-state index contributed by atoms with van der Waals surface area (Å²) in [6.45, 7) is 3.29. The van der Waals surface area contributed by atoms with Crippen molar-refractivity contribution in [3.05, 3.63) is 65.4 Å².